The second-order valence-electron chi connectivity index (χ2n) is 10.5. The highest BCUT2D eigenvalue weighted by Gasteiger charge is 2.37. The minimum Gasteiger partial charge on any atom is -0.326 e. The van der Waals surface area contributed by atoms with E-state index >= 15 is 4.39 Å². The SMILES string of the molecule is Cl.N#Cc1cccc(C(N)(CCC2CC2)c2ccc(F)c(NC(=O)c3cc(C(F)(F)F)nn3-c3cccc(CN)c3)c2)c1. The van der Waals surface area contributed by atoms with Crippen LogP contribution in [-0.4, -0.2) is 15.7 Å². The molecule has 1 unspecified atom stereocenters. The average molecular weight is 613 g/mol. The Balaban J connectivity index is 0.00000423. The second kappa shape index (κ2) is 12.6. The molecule has 0 saturated heterocycles. The van der Waals surface area contributed by atoms with Crippen molar-refractivity contribution in [2.24, 2.45) is 17.4 Å². The number of nitriles is 1. The molecule has 1 aromatic heterocycles. The molecule has 1 aliphatic carbocycles. The summed E-state index contributed by atoms with van der Waals surface area (Å²) in [5.74, 6) is -1.26. The van der Waals surface area contributed by atoms with Gasteiger partial charge in [-0.2, -0.15) is 23.5 Å². The van der Waals surface area contributed by atoms with Crippen molar-refractivity contribution < 1.29 is 22.4 Å². The zero-order chi connectivity index (χ0) is 30.1. The summed E-state index contributed by atoms with van der Waals surface area (Å²) >= 11 is 0. The maximum atomic E-state index is 15.1. The number of halogens is 5. The lowest BCUT2D eigenvalue weighted by Gasteiger charge is -2.32. The van der Waals surface area contributed by atoms with Crippen molar-refractivity contribution in [3.05, 3.63) is 112 Å². The third-order valence-electron chi connectivity index (χ3n) is 7.50. The van der Waals surface area contributed by atoms with E-state index in [-0.39, 0.29) is 30.3 Å². The summed E-state index contributed by atoms with van der Waals surface area (Å²) in [5.41, 5.74) is 11.9. The molecule has 7 nitrogen and oxygen atoms in total. The number of nitrogens with one attached hydrogen (secondary N) is 1. The number of anilines is 1. The van der Waals surface area contributed by atoms with Crippen LogP contribution in [0.1, 0.15) is 64.1 Å². The number of hydrogen-bond acceptors (Lipinski definition) is 5. The van der Waals surface area contributed by atoms with Gasteiger partial charge in [0.25, 0.3) is 5.91 Å². The maximum absolute atomic E-state index is 15.1. The summed E-state index contributed by atoms with van der Waals surface area (Å²) in [5, 5.41) is 15.5. The monoisotopic (exact) mass is 612 g/mol. The number of alkyl halides is 3. The molecule has 5 N–H and O–H groups in total. The van der Waals surface area contributed by atoms with Crippen LogP contribution in [0.3, 0.4) is 0 Å². The van der Waals surface area contributed by atoms with Gasteiger partial charge in [0.1, 0.15) is 11.5 Å². The first-order valence-electron chi connectivity index (χ1n) is 13.4. The van der Waals surface area contributed by atoms with E-state index in [4.69, 9.17) is 11.5 Å². The first-order valence-corrected chi connectivity index (χ1v) is 13.4. The van der Waals surface area contributed by atoms with E-state index in [0.29, 0.717) is 40.7 Å². The predicted octanol–water partition coefficient (Wildman–Crippen LogP) is 6.43. The Morgan fingerprint density at radius 2 is 1.77 bits per heavy atom. The number of nitrogens with two attached hydrogens (primary N) is 2. The van der Waals surface area contributed by atoms with E-state index in [1.165, 1.54) is 24.3 Å². The Kier molecular flexibility index (Phi) is 9.25. The van der Waals surface area contributed by atoms with Gasteiger partial charge in [0.15, 0.2) is 5.69 Å². The van der Waals surface area contributed by atoms with Gasteiger partial charge in [0.2, 0.25) is 0 Å². The molecular formula is C31H29ClF4N6O. The molecule has 1 amide bonds. The largest absolute Gasteiger partial charge is 0.435 e. The van der Waals surface area contributed by atoms with Crippen LogP contribution in [0.5, 0.6) is 0 Å². The quantitative estimate of drug-likeness (QED) is 0.188. The van der Waals surface area contributed by atoms with Crippen molar-refractivity contribution in [3.63, 3.8) is 0 Å². The molecule has 0 aliphatic heterocycles. The fourth-order valence-electron chi connectivity index (χ4n) is 4.94. The van der Waals surface area contributed by atoms with Crippen molar-refractivity contribution >= 4 is 24.0 Å². The number of benzene rings is 3. The van der Waals surface area contributed by atoms with E-state index in [0.717, 1.165) is 30.0 Å². The molecular weight excluding hydrogens is 584 g/mol. The first-order chi connectivity index (χ1) is 20.0. The summed E-state index contributed by atoms with van der Waals surface area (Å²) < 4.78 is 56.8. The number of carbonyl (C=O) groups excluding carboxylic acids is 1. The molecule has 1 fully saturated rings. The Labute approximate surface area is 251 Å². The lowest BCUT2D eigenvalue weighted by Crippen LogP contribution is -2.38. The van der Waals surface area contributed by atoms with Gasteiger partial charge < -0.3 is 16.8 Å². The Hall–Kier alpha value is -4.24. The molecule has 1 heterocycles. The zero-order valence-electron chi connectivity index (χ0n) is 22.9. The normalized spacial score (nSPS) is 14.3. The van der Waals surface area contributed by atoms with Gasteiger partial charge in [0, 0.05) is 12.6 Å². The summed E-state index contributed by atoms with van der Waals surface area (Å²) in [4.78, 5) is 13.4. The van der Waals surface area contributed by atoms with Crippen molar-refractivity contribution in [1.29, 1.82) is 5.26 Å². The van der Waals surface area contributed by atoms with Crippen molar-refractivity contribution in [3.8, 4) is 11.8 Å². The van der Waals surface area contributed by atoms with Crippen molar-refractivity contribution in [1.82, 2.24) is 9.78 Å². The molecule has 1 atom stereocenters. The van der Waals surface area contributed by atoms with Crippen LogP contribution in [0.25, 0.3) is 5.69 Å². The van der Waals surface area contributed by atoms with E-state index in [1.54, 1.807) is 36.4 Å². The molecule has 1 saturated carbocycles. The fraction of sp³-hybridized carbons (Fsp3) is 0.258. The van der Waals surface area contributed by atoms with Gasteiger partial charge >= 0.3 is 6.18 Å². The zero-order valence-corrected chi connectivity index (χ0v) is 23.7. The average Bonchev–Trinajstić information content (AvgIpc) is 3.70. The van der Waals surface area contributed by atoms with Gasteiger partial charge in [-0.15, -0.1) is 12.4 Å². The number of rotatable bonds is 9. The predicted molar refractivity (Wildman–Crippen MR) is 156 cm³/mol. The number of hydrogen-bond donors (Lipinski definition) is 3. The third kappa shape index (κ3) is 6.88. The Morgan fingerprint density at radius 1 is 1.05 bits per heavy atom. The molecule has 5 rings (SSSR count). The highest BCUT2D eigenvalue weighted by Crippen LogP contribution is 2.41. The summed E-state index contributed by atoms with van der Waals surface area (Å²) in [6, 6.07) is 19.9. The Bertz CT molecular complexity index is 1680. The molecule has 224 valence electrons. The van der Waals surface area contributed by atoms with Gasteiger partial charge in [-0.05, 0) is 71.8 Å². The van der Waals surface area contributed by atoms with E-state index in [1.807, 2.05) is 0 Å². The number of carbonyl (C=O) groups is 1. The third-order valence-corrected chi connectivity index (χ3v) is 7.50. The van der Waals surface area contributed by atoms with Gasteiger partial charge in [-0.25, -0.2) is 9.07 Å². The van der Waals surface area contributed by atoms with Gasteiger partial charge in [0.05, 0.1) is 28.5 Å². The van der Waals surface area contributed by atoms with Gasteiger partial charge in [-0.1, -0.05) is 43.2 Å². The van der Waals surface area contributed by atoms with Crippen LogP contribution < -0.4 is 16.8 Å². The van der Waals surface area contributed by atoms with Gasteiger partial charge in [-0.3, -0.25) is 4.79 Å². The minimum absolute atomic E-state index is 0. The lowest BCUT2D eigenvalue weighted by atomic mass is 9.79. The summed E-state index contributed by atoms with van der Waals surface area (Å²) in [6.45, 7) is 0.125. The lowest BCUT2D eigenvalue weighted by molar-refractivity contribution is -0.141. The Morgan fingerprint density at radius 3 is 2.44 bits per heavy atom. The number of nitrogens with zero attached hydrogens (tertiary/aromatic N) is 3. The standard InChI is InChI=1S/C31H28F4N6O.ClH/c32-25-10-9-23(30(38,12-11-19-7-8-19)22-5-1-3-20(13-22)17-36)15-26(25)39-29(42)27-16-28(31(33,34)35)40-41(27)24-6-2-4-21(14-24)18-37;/h1-6,9-10,13-16,19H,7-8,11-12,18,37-38H2,(H,39,42);1H. The van der Waals surface area contributed by atoms with Crippen molar-refractivity contribution in [2.75, 3.05) is 5.32 Å². The molecule has 0 radical (unpaired) electrons. The second-order valence-corrected chi connectivity index (χ2v) is 10.5. The molecule has 3 aromatic carbocycles. The van der Waals surface area contributed by atoms with Crippen LogP contribution >= 0.6 is 12.4 Å². The molecule has 1 aliphatic rings. The molecule has 43 heavy (non-hydrogen) atoms. The topological polar surface area (TPSA) is 123 Å². The van der Waals surface area contributed by atoms with Crippen molar-refractivity contribution in [2.45, 2.75) is 43.9 Å². The summed E-state index contributed by atoms with van der Waals surface area (Å²) in [6.07, 6.45) is -1.31. The summed E-state index contributed by atoms with van der Waals surface area (Å²) in [7, 11) is 0. The highest BCUT2D eigenvalue weighted by atomic mass is 35.5. The van der Waals surface area contributed by atoms with Crippen LogP contribution in [0.4, 0.5) is 23.2 Å². The minimum atomic E-state index is -4.82. The first kappa shape index (κ1) is 31.7. The van der Waals surface area contributed by atoms with Crippen LogP contribution in [0.15, 0.2) is 72.8 Å². The molecule has 4 aromatic rings. The molecule has 0 bridgehead atoms. The van der Waals surface area contributed by atoms with Crippen LogP contribution in [0, 0.1) is 23.1 Å². The van der Waals surface area contributed by atoms with Crippen LogP contribution in [0.2, 0.25) is 0 Å². The number of aromatic nitrogens is 2. The fourth-order valence-corrected chi connectivity index (χ4v) is 4.94. The molecule has 0 spiro atoms. The highest BCUT2D eigenvalue weighted by molar-refractivity contribution is 6.03. The smallest absolute Gasteiger partial charge is 0.326 e. The molecule has 12 heteroatoms. The van der Waals surface area contributed by atoms with Crippen LogP contribution in [-0.2, 0) is 18.3 Å². The van der Waals surface area contributed by atoms with E-state index in [2.05, 4.69) is 16.5 Å². The van der Waals surface area contributed by atoms with E-state index < -0.39 is 34.8 Å². The van der Waals surface area contributed by atoms with E-state index in [9.17, 15) is 23.2 Å². The number of amides is 1. The maximum Gasteiger partial charge on any atom is 0.435 e.